The maximum Gasteiger partial charge on any atom is 0.0850 e. The zero-order valence-electron chi connectivity index (χ0n) is 13.2. The van der Waals surface area contributed by atoms with Crippen LogP contribution in [0, 0.1) is 5.41 Å². The predicted octanol–water partition coefficient (Wildman–Crippen LogP) is 3.99. The average Bonchev–Trinajstić information content (AvgIpc) is 2.64. The number of rotatable bonds is 4. The molecular formula is C16H27ClN2O. The first kappa shape index (κ1) is 15.8. The fraction of sp³-hybridized carbons (Fsp3) is 0.812. The Morgan fingerprint density at radius 2 is 2.00 bits per heavy atom. The molecule has 1 fully saturated rings. The molecule has 1 N–H and O–H groups in total. The molecule has 3 nitrogen and oxygen atoms in total. The molecule has 0 aromatic carbocycles. The largest absolute Gasteiger partial charge is 0.389 e. The van der Waals surface area contributed by atoms with Gasteiger partial charge in [0.1, 0.15) is 0 Å². The second-order valence-corrected chi connectivity index (χ2v) is 7.35. The topological polar surface area (TPSA) is 38.0 Å². The van der Waals surface area contributed by atoms with E-state index in [-0.39, 0.29) is 5.41 Å². The van der Waals surface area contributed by atoms with Gasteiger partial charge in [0, 0.05) is 13.0 Å². The summed E-state index contributed by atoms with van der Waals surface area (Å²) >= 11 is 6.47. The van der Waals surface area contributed by atoms with Gasteiger partial charge in [-0.15, -0.1) is 0 Å². The third-order valence-corrected chi connectivity index (χ3v) is 4.93. The molecule has 2 rings (SSSR count). The lowest BCUT2D eigenvalue weighted by atomic mass is 9.68. The summed E-state index contributed by atoms with van der Waals surface area (Å²) < 4.78 is 1.96. The van der Waals surface area contributed by atoms with Crippen molar-refractivity contribution in [2.24, 2.45) is 5.41 Å². The molecule has 1 aromatic rings. The molecule has 114 valence electrons. The van der Waals surface area contributed by atoms with Crippen LogP contribution in [0.2, 0.25) is 5.02 Å². The van der Waals surface area contributed by atoms with Crippen LogP contribution in [-0.2, 0) is 19.4 Å². The molecule has 1 aliphatic rings. The molecule has 0 bridgehead atoms. The molecule has 0 saturated heterocycles. The van der Waals surface area contributed by atoms with Crippen LogP contribution in [0.25, 0.3) is 0 Å². The number of halogens is 1. The van der Waals surface area contributed by atoms with E-state index < -0.39 is 5.60 Å². The van der Waals surface area contributed by atoms with Crippen LogP contribution in [0.15, 0.2) is 0 Å². The molecule has 1 atom stereocenters. The van der Waals surface area contributed by atoms with E-state index in [9.17, 15) is 5.11 Å². The zero-order valence-corrected chi connectivity index (χ0v) is 13.9. The molecule has 0 radical (unpaired) electrons. The van der Waals surface area contributed by atoms with Crippen LogP contribution in [0.1, 0.15) is 64.8 Å². The summed E-state index contributed by atoms with van der Waals surface area (Å²) in [6.07, 6.45) is 5.44. The molecule has 0 amide bonds. The number of hydrogen-bond acceptors (Lipinski definition) is 2. The monoisotopic (exact) mass is 298 g/mol. The second kappa shape index (κ2) is 5.69. The van der Waals surface area contributed by atoms with Gasteiger partial charge in [0.2, 0.25) is 0 Å². The van der Waals surface area contributed by atoms with Crippen LogP contribution in [-0.4, -0.2) is 20.5 Å². The Kier molecular flexibility index (Phi) is 4.50. The van der Waals surface area contributed by atoms with Crippen LogP contribution in [0.4, 0.5) is 0 Å². The fourth-order valence-corrected chi connectivity index (χ4v) is 3.95. The normalized spacial score (nSPS) is 25.9. The highest BCUT2D eigenvalue weighted by atomic mass is 35.5. The molecule has 1 saturated carbocycles. The van der Waals surface area contributed by atoms with E-state index in [4.69, 9.17) is 11.6 Å². The lowest BCUT2D eigenvalue weighted by molar-refractivity contribution is -0.0395. The van der Waals surface area contributed by atoms with Crippen molar-refractivity contribution < 1.29 is 5.11 Å². The predicted molar refractivity (Wildman–Crippen MR) is 83.2 cm³/mol. The van der Waals surface area contributed by atoms with E-state index in [0.29, 0.717) is 6.42 Å². The van der Waals surface area contributed by atoms with Gasteiger partial charge in [-0.2, -0.15) is 5.10 Å². The van der Waals surface area contributed by atoms with E-state index in [1.807, 2.05) is 4.68 Å². The standard InChI is InChI=1S/C16H27ClN2O/c1-5-12-14(17)13(19(6-2)18-12)10-16(20)9-7-8-15(3,4)11-16/h20H,5-11H2,1-4H3. The molecule has 0 spiro atoms. The van der Waals surface area contributed by atoms with Gasteiger partial charge in [-0.25, -0.2) is 0 Å². The SMILES string of the molecule is CCc1nn(CC)c(CC2(O)CCCC(C)(C)C2)c1Cl. The summed E-state index contributed by atoms with van der Waals surface area (Å²) in [4.78, 5) is 0. The summed E-state index contributed by atoms with van der Waals surface area (Å²) in [5.41, 5.74) is 1.53. The maximum absolute atomic E-state index is 11.0. The van der Waals surface area contributed by atoms with Crippen molar-refractivity contribution in [1.29, 1.82) is 0 Å². The Hall–Kier alpha value is -0.540. The molecule has 4 heteroatoms. The molecule has 1 unspecified atom stereocenters. The summed E-state index contributed by atoms with van der Waals surface area (Å²) in [5.74, 6) is 0. The lowest BCUT2D eigenvalue weighted by Crippen LogP contribution is -2.41. The van der Waals surface area contributed by atoms with Crippen molar-refractivity contribution in [3.63, 3.8) is 0 Å². The Labute approximate surface area is 127 Å². The van der Waals surface area contributed by atoms with Crippen molar-refractivity contribution in [3.8, 4) is 0 Å². The number of nitrogens with zero attached hydrogens (tertiary/aromatic N) is 2. The van der Waals surface area contributed by atoms with E-state index in [2.05, 4.69) is 32.8 Å². The molecule has 20 heavy (non-hydrogen) atoms. The average molecular weight is 299 g/mol. The van der Waals surface area contributed by atoms with Crippen molar-refractivity contribution in [2.75, 3.05) is 0 Å². The van der Waals surface area contributed by atoms with Crippen molar-refractivity contribution in [1.82, 2.24) is 9.78 Å². The number of aromatic nitrogens is 2. The minimum atomic E-state index is -0.636. The Morgan fingerprint density at radius 1 is 1.30 bits per heavy atom. The van der Waals surface area contributed by atoms with Crippen molar-refractivity contribution in [2.45, 2.75) is 78.4 Å². The smallest absolute Gasteiger partial charge is 0.0850 e. The summed E-state index contributed by atoms with van der Waals surface area (Å²) in [5, 5.41) is 16.3. The number of hydrogen-bond donors (Lipinski definition) is 1. The van der Waals surface area contributed by atoms with E-state index in [1.54, 1.807) is 0 Å². The highest BCUT2D eigenvalue weighted by molar-refractivity contribution is 6.31. The molecular weight excluding hydrogens is 272 g/mol. The van der Waals surface area contributed by atoms with Gasteiger partial charge >= 0.3 is 0 Å². The molecule has 0 aliphatic heterocycles. The zero-order chi connectivity index (χ0) is 15.0. The summed E-state index contributed by atoms with van der Waals surface area (Å²) in [6.45, 7) is 9.42. The first-order chi connectivity index (χ1) is 9.30. The van der Waals surface area contributed by atoms with Crippen LogP contribution in [0.3, 0.4) is 0 Å². The van der Waals surface area contributed by atoms with Crippen molar-refractivity contribution >= 4 is 11.6 Å². The fourth-order valence-electron chi connectivity index (χ4n) is 3.61. The van der Waals surface area contributed by atoms with E-state index in [1.165, 1.54) is 6.42 Å². The van der Waals surface area contributed by atoms with Gasteiger partial charge < -0.3 is 5.11 Å². The van der Waals surface area contributed by atoms with Gasteiger partial charge in [-0.1, -0.05) is 38.8 Å². The first-order valence-corrected chi connectivity index (χ1v) is 8.14. The highest BCUT2D eigenvalue weighted by Gasteiger charge is 2.39. The van der Waals surface area contributed by atoms with Gasteiger partial charge in [-0.3, -0.25) is 4.68 Å². The molecule has 1 heterocycles. The second-order valence-electron chi connectivity index (χ2n) is 6.97. The molecule has 1 aliphatic carbocycles. The van der Waals surface area contributed by atoms with E-state index in [0.717, 1.165) is 48.6 Å². The van der Waals surface area contributed by atoms with Crippen LogP contribution >= 0.6 is 11.6 Å². The number of aliphatic hydroxyl groups is 1. The quantitative estimate of drug-likeness (QED) is 0.912. The lowest BCUT2D eigenvalue weighted by Gasteiger charge is -2.41. The summed E-state index contributed by atoms with van der Waals surface area (Å²) in [7, 11) is 0. The number of aryl methyl sites for hydroxylation is 2. The van der Waals surface area contributed by atoms with Crippen molar-refractivity contribution in [3.05, 3.63) is 16.4 Å². The van der Waals surface area contributed by atoms with Gasteiger partial charge in [0.15, 0.2) is 0 Å². The first-order valence-electron chi connectivity index (χ1n) is 7.77. The minimum absolute atomic E-state index is 0.212. The van der Waals surface area contributed by atoms with Gasteiger partial charge in [0.25, 0.3) is 0 Å². The highest BCUT2D eigenvalue weighted by Crippen LogP contribution is 2.43. The Balaban J connectivity index is 2.27. The minimum Gasteiger partial charge on any atom is -0.389 e. The summed E-state index contributed by atoms with van der Waals surface area (Å²) in [6, 6.07) is 0. The van der Waals surface area contributed by atoms with Gasteiger partial charge in [0.05, 0.1) is 22.0 Å². The van der Waals surface area contributed by atoms with Crippen LogP contribution < -0.4 is 0 Å². The third-order valence-electron chi connectivity index (χ3n) is 4.49. The molecule has 1 aromatic heterocycles. The Morgan fingerprint density at radius 3 is 2.55 bits per heavy atom. The maximum atomic E-state index is 11.0. The van der Waals surface area contributed by atoms with E-state index >= 15 is 0 Å². The van der Waals surface area contributed by atoms with Crippen LogP contribution in [0.5, 0.6) is 0 Å². The van der Waals surface area contributed by atoms with Gasteiger partial charge in [-0.05, 0) is 38.0 Å². The Bertz CT molecular complexity index is 481. The third kappa shape index (κ3) is 3.20.